The Balaban J connectivity index is 1.70. The number of hydrogen-bond acceptors (Lipinski definition) is 3. The molecule has 3 heteroatoms. The highest BCUT2D eigenvalue weighted by molar-refractivity contribution is 5.84. The van der Waals surface area contributed by atoms with E-state index in [0.29, 0.717) is 6.10 Å². The Morgan fingerprint density at radius 1 is 1.05 bits per heavy atom. The third-order valence-corrected chi connectivity index (χ3v) is 4.29. The van der Waals surface area contributed by atoms with Gasteiger partial charge in [-0.1, -0.05) is 31.0 Å². The predicted octanol–water partition coefficient (Wildman–Crippen LogP) is 4.37. The van der Waals surface area contributed by atoms with Crippen molar-refractivity contribution in [3.63, 3.8) is 0 Å². The molecule has 3 rings (SSSR count). The Bertz CT molecular complexity index is 605. The molecule has 0 amide bonds. The average molecular weight is 285 g/mol. The zero-order valence-electron chi connectivity index (χ0n) is 12.8. The second kappa shape index (κ2) is 6.46. The van der Waals surface area contributed by atoms with Gasteiger partial charge < -0.3 is 4.74 Å². The summed E-state index contributed by atoms with van der Waals surface area (Å²) in [5.74, 6) is 0.894. The molecule has 0 spiro atoms. The summed E-state index contributed by atoms with van der Waals surface area (Å²) in [6, 6.07) is 12.9. The van der Waals surface area contributed by atoms with Crippen LogP contribution in [0.5, 0.6) is 5.75 Å². The topological polar surface area (TPSA) is 30.5 Å². The lowest BCUT2D eigenvalue weighted by atomic mass is 10.0. The molecule has 0 aliphatic heterocycles. The van der Waals surface area contributed by atoms with Crippen molar-refractivity contribution in [2.45, 2.75) is 44.8 Å². The Hall–Kier alpha value is -1.58. The molecule has 0 bridgehead atoms. The highest BCUT2D eigenvalue weighted by Crippen LogP contribution is 2.25. The third kappa shape index (κ3) is 3.36. The van der Waals surface area contributed by atoms with Crippen LogP contribution in [0.4, 0.5) is 0 Å². The van der Waals surface area contributed by atoms with E-state index in [2.05, 4.69) is 42.7 Å². The smallest absolute Gasteiger partial charge is 0.119 e. The highest BCUT2D eigenvalue weighted by atomic mass is 16.7. The molecule has 0 saturated heterocycles. The minimum absolute atomic E-state index is 0.192. The summed E-state index contributed by atoms with van der Waals surface area (Å²) in [6.45, 7) is 2.14. The number of nitrogens with one attached hydrogen (secondary N) is 1. The minimum Gasteiger partial charge on any atom is -0.497 e. The fraction of sp³-hybridized carbons (Fsp3) is 0.444. The molecule has 3 nitrogen and oxygen atoms in total. The lowest BCUT2D eigenvalue weighted by Gasteiger charge is -2.18. The van der Waals surface area contributed by atoms with Gasteiger partial charge in [0.25, 0.3) is 0 Å². The maximum Gasteiger partial charge on any atom is 0.119 e. The van der Waals surface area contributed by atoms with Crippen molar-refractivity contribution in [1.82, 2.24) is 5.48 Å². The monoisotopic (exact) mass is 285 g/mol. The van der Waals surface area contributed by atoms with Gasteiger partial charge in [0.15, 0.2) is 0 Å². The largest absolute Gasteiger partial charge is 0.497 e. The number of hydroxylamine groups is 1. The fourth-order valence-electron chi connectivity index (χ4n) is 2.91. The average Bonchev–Trinajstić information content (AvgIpc) is 3.05. The molecular weight excluding hydrogens is 262 g/mol. The van der Waals surface area contributed by atoms with Crippen molar-refractivity contribution >= 4 is 10.8 Å². The summed E-state index contributed by atoms with van der Waals surface area (Å²) in [4.78, 5) is 5.80. The van der Waals surface area contributed by atoms with Crippen LogP contribution in [0.1, 0.15) is 44.2 Å². The van der Waals surface area contributed by atoms with Gasteiger partial charge >= 0.3 is 0 Å². The van der Waals surface area contributed by atoms with Crippen LogP contribution in [0.15, 0.2) is 36.4 Å². The van der Waals surface area contributed by atoms with E-state index in [4.69, 9.17) is 9.57 Å². The van der Waals surface area contributed by atoms with E-state index in [1.807, 2.05) is 6.07 Å². The SMILES string of the molecule is COc1ccc2cc(C(C)NOC3CCCC3)ccc2c1. The van der Waals surface area contributed by atoms with E-state index < -0.39 is 0 Å². The van der Waals surface area contributed by atoms with Crippen LogP contribution in [0.3, 0.4) is 0 Å². The highest BCUT2D eigenvalue weighted by Gasteiger charge is 2.17. The Kier molecular flexibility index (Phi) is 4.42. The first-order valence-corrected chi connectivity index (χ1v) is 7.75. The number of methoxy groups -OCH3 is 1. The van der Waals surface area contributed by atoms with Gasteiger partial charge in [0.05, 0.1) is 19.3 Å². The molecule has 1 saturated carbocycles. The number of rotatable bonds is 5. The molecule has 21 heavy (non-hydrogen) atoms. The van der Waals surface area contributed by atoms with Crippen molar-refractivity contribution in [3.05, 3.63) is 42.0 Å². The van der Waals surface area contributed by atoms with E-state index in [-0.39, 0.29) is 6.04 Å². The van der Waals surface area contributed by atoms with Crippen molar-refractivity contribution in [2.24, 2.45) is 0 Å². The molecule has 1 atom stereocenters. The standard InChI is InChI=1S/C18H23NO2/c1-13(19-21-17-5-3-4-6-17)14-7-8-16-12-18(20-2)10-9-15(16)11-14/h7-13,17,19H,3-6H2,1-2H3. The summed E-state index contributed by atoms with van der Waals surface area (Å²) in [5, 5.41) is 2.42. The van der Waals surface area contributed by atoms with Crippen LogP contribution in [0.2, 0.25) is 0 Å². The van der Waals surface area contributed by atoms with Crippen molar-refractivity contribution in [2.75, 3.05) is 7.11 Å². The van der Waals surface area contributed by atoms with Gasteiger partial charge in [-0.05, 0) is 54.3 Å². The predicted molar refractivity (Wildman–Crippen MR) is 85.4 cm³/mol. The molecule has 0 aromatic heterocycles. The summed E-state index contributed by atoms with van der Waals surface area (Å²) >= 11 is 0. The molecule has 2 aromatic rings. The van der Waals surface area contributed by atoms with Crippen LogP contribution in [-0.4, -0.2) is 13.2 Å². The Morgan fingerprint density at radius 3 is 2.52 bits per heavy atom. The van der Waals surface area contributed by atoms with Crippen molar-refractivity contribution in [1.29, 1.82) is 0 Å². The molecule has 0 heterocycles. The van der Waals surface area contributed by atoms with E-state index in [0.717, 1.165) is 5.75 Å². The summed E-state index contributed by atoms with van der Waals surface area (Å²) < 4.78 is 5.26. The molecule has 1 fully saturated rings. The molecule has 2 aromatic carbocycles. The van der Waals surface area contributed by atoms with Gasteiger partial charge in [-0.15, -0.1) is 0 Å². The Morgan fingerprint density at radius 2 is 1.76 bits per heavy atom. The number of hydrogen-bond donors (Lipinski definition) is 1. The molecule has 112 valence electrons. The molecule has 1 unspecified atom stereocenters. The van der Waals surface area contributed by atoms with Gasteiger partial charge in [-0.2, -0.15) is 5.48 Å². The molecule has 0 radical (unpaired) electrons. The van der Waals surface area contributed by atoms with Gasteiger partial charge in [-0.25, -0.2) is 0 Å². The lowest BCUT2D eigenvalue weighted by molar-refractivity contribution is -0.0376. The lowest BCUT2D eigenvalue weighted by Crippen LogP contribution is -2.24. The van der Waals surface area contributed by atoms with Crippen LogP contribution >= 0.6 is 0 Å². The van der Waals surface area contributed by atoms with Gasteiger partial charge in [-0.3, -0.25) is 4.84 Å². The number of benzene rings is 2. The Labute approximate surface area is 126 Å². The zero-order chi connectivity index (χ0) is 14.7. The van der Waals surface area contributed by atoms with E-state index >= 15 is 0 Å². The van der Waals surface area contributed by atoms with E-state index in [9.17, 15) is 0 Å². The maximum absolute atomic E-state index is 5.80. The number of fused-ring (bicyclic) bond motifs is 1. The van der Waals surface area contributed by atoms with Crippen molar-refractivity contribution < 1.29 is 9.57 Å². The normalized spacial score (nSPS) is 17.2. The van der Waals surface area contributed by atoms with Crippen molar-refractivity contribution in [3.8, 4) is 5.75 Å². The van der Waals surface area contributed by atoms with Gasteiger partial charge in [0, 0.05) is 0 Å². The molecule has 1 N–H and O–H groups in total. The maximum atomic E-state index is 5.80. The second-order valence-electron chi connectivity index (χ2n) is 5.84. The second-order valence-corrected chi connectivity index (χ2v) is 5.84. The van der Waals surface area contributed by atoms with Crippen LogP contribution in [0, 0.1) is 0 Å². The van der Waals surface area contributed by atoms with E-state index in [1.165, 1.54) is 42.0 Å². The van der Waals surface area contributed by atoms with Crippen LogP contribution < -0.4 is 10.2 Å². The molecule has 1 aliphatic rings. The molecule has 1 aliphatic carbocycles. The van der Waals surface area contributed by atoms with Gasteiger partial charge in [0.1, 0.15) is 5.75 Å². The fourth-order valence-corrected chi connectivity index (χ4v) is 2.91. The first-order chi connectivity index (χ1) is 10.3. The van der Waals surface area contributed by atoms with Crippen LogP contribution in [-0.2, 0) is 4.84 Å². The van der Waals surface area contributed by atoms with Gasteiger partial charge in [0.2, 0.25) is 0 Å². The first kappa shape index (κ1) is 14.4. The zero-order valence-corrected chi connectivity index (χ0v) is 12.8. The summed E-state index contributed by atoms with van der Waals surface area (Å²) in [7, 11) is 1.70. The summed E-state index contributed by atoms with van der Waals surface area (Å²) in [5.41, 5.74) is 4.44. The van der Waals surface area contributed by atoms with E-state index in [1.54, 1.807) is 7.11 Å². The number of ether oxygens (including phenoxy) is 1. The molecular formula is C18H23NO2. The quantitative estimate of drug-likeness (QED) is 0.827. The third-order valence-electron chi connectivity index (χ3n) is 4.29. The summed E-state index contributed by atoms with van der Waals surface area (Å²) in [6.07, 6.45) is 5.32. The minimum atomic E-state index is 0.192. The van der Waals surface area contributed by atoms with Crippen LogP contribution in [0.25, 0.3) is 10.8 Å². The first-order valence-electron chi connectivity index (χ1n) is 7.75.